The molecule has 6 heteroatoms. The highest BCUT2D eigenvalue weighted by Gasteiger charge is 2.15. The maximum Gasteiger partial charge on any atom is 0.260 e. The van der Waals surface area contributed by atoms with Crippen LogP contribution in [0.5, 0.6) is 0 Å². The van der Waals surface area contributed by atoms with E-state index in [1.165, 1.54) is 6.33 Å². The van der Waals surface area contributed by atoms with Gasteiger partial charge in [0, 0.05) is 17.4 Å². The number of nitrogens with one attached hydrogen (secondary N) is 1. The highest BCUT2D eigenvalue weighted by molar-refractivity contribution is 5.94. The zero-order valence-corrected chi connectivity index (χ0v) is 13.8. The van der Waals surface area contributed by atoms with Crippen molar-refractivity contribution in [1.29, 1.82) is 0 Å². The monoisotopic (exact) mass is 344 g/mol. The first-order valence-corrected chi connectivity index (χ1v) is 8.15. The molecule has 0 radical (unpaired) electrons. The summed E-state index contributed by atoms with van der Waals surface area (Å²) >= 11 is 0. The van der Waals surface area contributed by atoms with E-state index in [-0.39, 0.29) is 17.9 Å². The van der Waals surface area contributed by atoms with Crippen molar-refractivity contribution in [1.82, 2.24) is 14.5 Å². The van der Waals surface area contributed by atoms with Gasteiger partial charge in [-0.15, -0.1) is 0 Å². The lowest BCUT2D eigenvalue weighted by molar-refractivity contribution is -0.117. The molecule has 6 nitrogen and oxygen atoms in total. The van der Waals surface area contributed by atoms with Crippen LogP contribution in [0.2, 0.25) is 0 Å². The second-order valence-electron chi connectivity index (χ2n) is 6.02. The number of carbonyl (C=O) groups is 1. The molecule has 0 spiro atoms. The third kappa shape index (κ3) is 2.77. The molecule has 0 aliphatic rings. The van der Waals surface area contributed by atoms with Crippen LogP contribution in [0.3, 0.4) is 0 Å². The Bertz CT molecular complexity index is 1140. The van der Waals surface area contributed by atoms with Crippen LogP contribution in [0, 0.1) is 0 Å². The maximum absolute atomic E-state index is 12.5. The van der Waals surface area contributed by atoms with E-state index in [2.05, 4.69) is 9.97 Å². The summed E-state index contributed by atoms with van der Waals surface area (Å²) in [5, 5.41) is 0.527. The number of carbonyl (C=O) groups excluding carboxylic acids is 1. The molecule has 0 fully saturated rings. The second-order valence-corrected chi connectivity index (χ2v) is 6.02. The van der Waals surface area contributed by atoms with Crippen LogP contribution >= 0.6 is 0 Å². The molecule has 0 bridgehead atoms. The van der Waals surface area contributed by atoms with Crippen LogP contribution in [-0.2, 0) is 11.2 Å². The van der Waals surface area contributed by atoms with Gasteiger partial charge < -0.3 is 15.3 Å². The van der Waals surface area contributed by atoms with Crippen molar-refractivity contribution in [3.63, 3.8) is 0 Å². The Balaban J connectivity index is 1.90. The first-order valence-electron chi connectivity index (χ1n) is 8.15. The van der Waals surface area contributed by atoms with E-state index in [0.29, 0.717) is 11.0 Å². The zero-order valence-electron chi connectivity index (χ0n) is 13.8. The van der Waals surface area contributed by atoms with Gasteiger partial charge in [-0.1, -0.05) is 42.5 Å². The average molecular weight is 344 g/mol. The number of rotatable bonds is 4. The van der Waals surface area contributed by atoms with Crippen LogP contribution in [0.15, 0.2) is 71.9 Å². The summed E-state index contributed by atoms with van der Waals surface area (Å²) in [5.74, 6) is -0.376. The van der Waals surface area contributed by atoms with Gasteiger partial charge in [0.15, 0.2) is 5.65 Å². The topological polar surface area (TPSA) is 93.8 Å². The maximum atomic E-state index is 12.5. The van der Waals surface area contributed by atoms with Crippen LogP contribution < -0.4 is 11.3 Å². The summed E-state index contributed by atoms with van der Waals surface area (Å²) in [6.45, 7) is 0. The number of hydrogen-bond donors (Lipinski definition) is 2. The Labute approximate surface area is 148 Å². The summed E-state index contributed by atoms with van der Waals surface area (Å²) in [5.41, 5.74) is 9.05. The fraction of sp³-hybridized carbons (Fsp3) is 0.0500. The van der Waals surface area contributed by atoms with Crippen molar-refractivity contribution in [2.24, 2.45) is 5.73 Å². The number of aromatic amines is 1. The van der Waals surface area contributed by atoms with E-state index < -0.39 is 0 Å². The zero-order chi connectivity index (χ0) is 18.1. The van der Waals surface area contributed by atoms with Gasteiger partial charge in [0.25, 0.3) is 5.56 Å². The first-order chi connectivity index (χ1) is 12.6. The lowest BCUT2D eigenvalue weighted by Crippen LogP contribution is -2.13. The van der Waals surface area contributed by atoms with Crippen molar-refractivity contribution >= 4 is 16.9 Å². The fourth-order valence-corrected chi connectivity index (χ4v) is 3.08. The van der Waals surface area contributed by atoms with Crippen molar-refractivity contribution in [2.45, 2.75) is 6.42 Å². The van der Waals surface area contributed by atoms with E-state index in [4.69, 9.17) is 5.73 Å². The van der Waals surface area contributed by atoms with Gasteiger partial charge in [-0.3, -0.25) is 9.59 Å². The highest BCUT2D eigenvalue weighted by Crippen LogP contribution is 2.29. The van der Waals surface area contributed by atoms with Gasteiger partial charge in [0.05, 0.1) is 18.1 Å². The highest BCUT2D eigenvalue weighted by atomic mass is 16.1. The number of benzene rings is 2. The van der Waals surface area contributed by atoms with Gasteiger partial charge in [-0.05, 0) is 23.3 Å². The number of para-hydroxylation sites is 1. The summed E-state index contributed by atoms with van der Waals surface area (Å²) in [6.07, 6.45) is 3.50. The molecule has 2 aromatic heterocycles. The number of H-pyrrole nitrogens is 1. The smallest absolute Gasteiger partial charge is 0.260 e. The number of nitrogens with zero attached hydrogens (tertiary/aromatic N) is 2. The predicted molar refractivity (Wildman–Crippen MR) is 100 cm³/mol. The standard InChI is InChI=1S/C20H16N4O2/c21-17(25)10-13-6-8-14(9-7-13)16-11-24(15-4-2-1-3-5-15)19-18(16)20(26)23-12-22-19/h1-9,11-12H,10H2,(H2,21,25)(H,22,23,26). The number of primary amides is 1. The summed E-state index contributed by atoms with van der Waals surface area (Å²) in [7, 11) is 0. The van der Waals surface area contributed by atoms with Crippen LogP contribution in [0.1, 0.15) is 5.56 Å². The molecule has 2 heterocycles. The van der Waals surface area contributed by atoms with Gasteiger partial charge in [0.1, 0.15) is 0 Å². The van der Waals surface area contributed by atoms with Crippen LogP contribution in [0.25, 0.3) is 27.8 Å². The third-order valence-corrected chi connectivity index (χ3v) is 4.27. The molecule has 4 aromatic rings. The number of fused-ring (bicyclic) bond motifs is 1. The van der Waals surface area contributed by atoms with Crippen molar-refractivity contribution in [3.8, 4) is 16.8 Å². The minimum absolute atomic E-state index is 0.189. The Morgan fingerprint density at radius 1 is 1.08 bits per heavy atom. The minimum Gasteiger partial charge on any atom is -0.369 e. The Kier molecular flexibility index (Phi) is 3.85. The quantitative estimate of drug-likeness (QED) is 0.595. The molecule has 0 atom stereocenters. The minimum atomic E-state index is -0.376. The molecule has 26 heavy (non-hydrogen) atoms. The van der Waals surface area contributed by atoms with Crippen molar-refractivity contribution in [2.75, 3.05) is 0 Å². The summed E-state index contributed by atoms with van der Waals surface area (Å²) in [4.78, 5) is 30.5. The molecule has 0 saturated heterocycles. The molecule has 0 aliphatic carbocycles. The normalized spacial score (nSPS) is 10.9. The van der Waals surface area contributed by atoms with Crippen molar-refractivity contribution in [3.05, 3.63) is 83.0 Å². The van der Waals surface area contributed by atoms with E-state index in [0.717, 1.165) is 22.4 Å². The predicted octanol–water partition coefficient (Wildman–Crippen LogP) is 2.41. The fourth-order valence-electron chi connectivity index (χ4n) is 3.08. The second kappa shape index (κ2) is 6.33. The van der Waals surface area contributed by atoms with E-state index >= 15 is 0 Å². The average Bonchev–Trinajstić information content (AvgIpc) is 3.04. The number of amides is 1. The lowest BCUT2D eigenvalue weighted by atomic mass is 10.0. The van der Waals surface area contributed by atoms with Crippen LogP contribution in [-0.4, -0.2) is 20.4 Å². The van der Waals surface area contributed by atoms with E-state index in [9.17, 15) is 9.59 Å². The van der Waals surface area contributed by atoms with Gasteiger partial charge in [-0.2, -0.15) is 0 Å². The molecule has 1 amide bonds. The molecule has 128 valence electrons. The Morgan fingerprint density at radius 2 is 1.81 bits per heavy atom. The molecule has 2 aromatic carbocycles. The van der Waals surface area contributed by atoms with Gasteiger partial charge >= 0.3 is 0 Å². The molecular formula is C20H16N4O2. The number of aromatic nitrogens is 3. The Hall–Kier alpha value is -3.67. The molecule has 0 unspecified atom stereocenters. The van der Waals surface area contributed by atoms with Crippen LogP contribution in [0.4, 0.5) is 0 Å². The SMILES string of the molecule is NC(=O)Cc1ccc(-c2cn(-c3ccccc3)c3nc[nH]c(=O)c23)cc1. The molecule has 0 aliphatic heterocycles. The lowest BCUT2D eigenvalue weighted by Gasteiger charge is -2.03. The van der Waals surface area contributed by atoms with Gasteiger partial charge in [0.2, 0.25) is 5.91 Å². The largest absolute Gasteiger partial charge is 0.369 e. The van der Waals surface area contributed by atoms with E-state index in [1.807, 2.05) is 65.4 Å². The Morgan fingerprint density at radius 3 is 2.50 bits per heavy atom. The molecule has 4 rings (SSSR count). The molecular weight excluding hydrogens is 328 g/mol. The number of hydrogen-bond acceptors (Lipinski definition) is 3. The number of nitrogens with two attached hydrogens (primary N) is 1. The van der Waals surface area contributed by atoms with Gasteiger partial charge in [-0.25, -0.2) is 4.98 Å². The molecule has 3 N–H and O–H groups in total. The van der Waals surface area contributed by atoms with Crippen molar-refractivity contribution < 1.29 is 4.79 Å². The summed E-state index contributed by atoms with van der Waals surface area (Å²) < 4.78 is 1.90. The third-order valence-electron chi connectivity index (χ3n) is 4.27. The summed E-state index contributed by atoms with van der Waals surface area (Å²) in [6, 6.07) is 17.2. The first kappa shape index (κ1) is 15.8. The van der Waals surface area contributed by atoms with E-state index in [1.54, 1.807) is 0 Å². The molecule has 0 saturated carbocycles.